The van der Waals surface area contributed by atoms with Crippen LogP contribution in [0.15, 0.2) is 70.6 Å². The summed E-state index contributed by atoms with van der Waals surface area (Å²) in [4.78, 5) is 38.7. The number of aliphatic imine (C=N–C) groups is 1. The van der Waals surface area contributed by atoms with Crippen molar-refractivity contribution in [2.45, 2.75) is 88.4 Å². The number of hydrogen-bond acceptors (Lipinski definition) is 7. The maximum atomic E-state index is 15.5. The Morgan fingerprint density at radius 3 is 2.13 bits per heavy atom. The predicted octanol–water partition coefficient (Wildman–Crippen LogP) is 7.42. The van der Waals surface area contributed by atoms with Gasteiger partial charge in [0.2, 0.25) is 15.9 Å². The van der Waals surface area contributed by atoms with Crippen LogP contribution in [0.1, 0.15) is 77.5 Å². The minimum Gasteiger partial charge on any atom is -0.493 e. The number of amidine groups is 1. The number of likely N-dealkylation sites (tertiary alicyclic amines) is 1. The second-order valence-electron chi connectivity index (χ2n) is 15.6. The quantitative estimate of drug-likeness (QED) is 0.244. The second-order valence-corrected chi connectivity index (χ2v) is 18.6. The highest BCUT2D eigenvalue weighted by Crippen LogP contribution is 2.54. The van der Waals surface area contributed by atoms with Crippen molar-refractivity contribution >= 4 is 62.6 Å². The van der Waals surface area contributed by atoms with E-state index >= 15 is 4.79 Å². The maximum absolute atomic E-state index is 15.5. The lowest BCUT2D eigenvalue weighted by molar-refractivity contribution is -0.120. The molecule has 2 fully saturated rings. The Hall–Kier alpha value is -3.39. The highest BCUT2D eigenvalue weighted by molar-refractivity contribution is 7.89. The van der Waals surface area contributed by atoms with E-state index in [0.29, 0.717) is 48.2 Å². The molecule has 0 aromatic heterocycles. The van der Waals surface area contributed by atoms with Crippen LogP contribution in [0.3, 0.4) is 0 Å². The molecule has 0 aliphatic carbocycles. The molecule has 0 bridgehead atoms. The summed E-state index contributed by atoms with van der Waals surface area (Å²) < 4.78 is 36.7. The summed E-state index contributed by atoms with van der Waals surface area (Å²) in [7, 11) is -4.15. The molecular weight excluding hydrogens is 783 g/mol. The van der Waals surface area contributed by atoms with Gasteiger partial charge >= 0.3 is 6.03 Å². The molecule has 2 unspecified atom stereocenters. The third-order valence-electron chi connectivity index (χ3n) is 10.8. The Morgan fingerprint density at radius 2 is 1.55 bits per heavy atom. The number of nitrogens with one attached hydrogen (secondary N) is 2. The highest BCUT2D eigenvalue weighted by atomic mass is 35.5. The number of amides is 3. The SMILES string of the molecule is CCOc1cc(Cl)c(S(=O)(=O)NC(C)(C)C)cc1C1=NC(C)(c2ccc(Cl)cc2)C(C)(c2ccc(Cl)cc2)N1C(=O)N1CCC(N2CCNC(=O)CC2)CC1. The van der Waals surface area contributed by atoms with Crippen molar-refractivity contribution in [3.63, 3.8) is 0 Å². The Morgan fingerprint density at radius 1 is 0.945 bits per heavy atom. The fourth-order valence-electron chi connectivity index (χ4n) is 7.93. The number of sulfonamides is 1. The van der Waals surface area contributed by atoms with Crippen LogP contribution in [0.5, 0.6) is 5.75 Å². The van der Waals surface area contributed by atoms with Crippen molar-refractivity contribution in [1.82, 2.24) is 24.7 Å². The van der Waals surface area contributed by atoms with Crippen molar-refractivity contribution in [2.24, 2.45) is 4.99 Å². The molecule has 11 nitrogen and oxygen atoms in total. The average Bonchev–Trinajstić information content (AvgIpc) is 3.21. The molecule has 0 spiro atoms. The molecule has 0 saturated carbocycles. The van der Waals surface area contributed by atoms with Crippen LogP contribution in [-0.4, -0.2) is 91.8 Å². The summed E-state index contributed by atoms with van der Waals surface area (Å²) in [5.41, 5.74) is -1.32. The molecule has 3 aliphatic rings. The Balaban J connectivity index is 1.54. The molecule has 3 amide bonds. The molecule has 2 saturated heterocycles. The first-order chi connectivity index (χ1) is 25.9. The number of nitrogens with zero attached hydrogens (tertiary/aromatic N) is 4. The highest BCUT2D eigenvalue weighted by Gasteiger charge is 2.60. The first-order valence-electron chi connectivity index (χ1n) is 18.6. The maximum Gasteiger partial charge on any atom is 0.326 e. The van der Waals surface area contributed by atoms with Gasteiger partial charge in [-0.1, -0.05) is 59.1 Å². The van der Waals surface area contributed by atoms with E-state index in [1.807, 2.05) is 49.9 Å². The lowest BCUT2D eigenvalue weighted by atomic mass is 9.71. The minimum absolute atomic E-state index is 0.0335. The van der Waals surface area contributed by atoms with Crippen LogP contribution in [0.2, 0.25) is 15.1 Å². The van der Waals surface area contributed by atoms with Gasteiger partial charge in [0.1, 0.15) is 27.6 Å². The largest absolute Gasteiger partial charge is 0.493 e. The number of piperidine rings is 1. The van der Waals surface area contributed by atoms with Crippen molar-refractivity contribution in [3.8, 4) is 5.75 Å². The second kappa shape index (κ2) is 15.9. The van der Waals surface area contributed by atoms with Gasteiger partial charge in [-0.05, 0) is 95.8 Å². The number of benzene rings is 3. The number of urea groups is 1. The van der Waals surface area contributed by atoms with E-state index in [1.165, 1.54) is 12.1 Å². The Kier molecular flexibility index (Phi) is 11.9. The third kappa shape index (κ3) is 8.22. The van der Waals surface area contributed by atoms with Crippen LogP contribution in [0.4, 0.5) is 4.79 Å². The van der Waals surface area contributed by atoms with E-state index in [4.69, 9.17) is 44.5 Å². The molecular formula is C40H49Cl3N6O5S. The lowest BCUT2D eigenvalue weighted by Gasteiger charge is -2.47. The summed E-state index contributed by atoms with van der Waals surface area (Å²) in [6.45, 7) is 14.2. The van der Waals surface area contributed by atoms with Gasteiger partial charge in [-0.2, -0.15) is 0 Å². The van der Waals surface area contributed by atoms with E-state index < -0.39 is 26.6 Å². The number of rotatable bonds is 8. The first kappa shape index (κ1) is 41.2. The van der Waals surface area contributed by atoms with Crippen LogP contribution < -0.4 is 14.8 Å². The summed E-state index contributed by atoms with van der Waals surface area (Å²) >= 11 is 19.6. The van der Waals surface area contributed by atoms with E-state index in [-0.39, 0.29) is 46.1 Å². The van der Waals surface area contributed by atoms with Crippen molar-refractivity contribution in [2.75, 3.05) is 39.3 Å². The van der Waals surface area contributed by atoms with Crippen molar-refractivity contribution < 1.29 is 22.7 Å². The molecule has 3 aliphatic heterocycles. The van der Waals surface area contributed by atoms with Crippen LogP contribution >= 0.6 is 34.8 Å². The fraction of sp³-hybridized carbons (Fsp3) is 0.475. The smallest absolute Gasteiger partial charge is 0.326 e. The number of hydrogen-bond donors (Lipinski definition) is 2. The molecule has 15 heteroatoms. The standard InChI is InChI=1S/C40H49Cl3N6O5S/c1-7-54-33-25-32(43)34(55(52,53)46-38(2,3)4)24-31(33)36-45-39(5,26-8-12-28(41)13-9-26)40(6,27-10-14-29(42)15-11-27)49(36)37(51)48-20-16-30(17-21-48)47-22-18-35(50)44-19-23-47/h8-15,24-25,30,46H,7,16-23H2,1-6H3,(H,44,50). The molecule has 3 aromatic rings. The van der Waals surface area contributed by atoms with Gasteiger partial charge in [0.05, 0.1) is 17.2 Å². The predicted molar refractivity (Wildman–Crippen MR) is 218 cm³/mol. The van der Waals surface area contributed by atoms with Gasteiger partial charge < -0.3 is 15.0 Å². The topological polar surface area (TPSA) is 124 Å². The minimum atomic E-state index is -4.15. The summed E-state index contributed by atoms with van der Waals surface area (Å²) in [5.74, 6) is 0.562. The average molecular weight is 832 g/mol. The zero-order valence-corrected chi connectivity index (χ0v) is 35.2. The van der Waals surface area contributed by atoms with Crippen molar-refractivity contribution in [3.05, 3.63) is 92.4 Å². The van der Waals surface area contributed by atoms with Gasteiger partial charge in [-0.3, -0.25) is 19.6 Å². The van der Waals surface area contributed by atoms with Gasteiger partial charge in [-0.15, -0.1) is 0 Å². The summed E-state index contributed by atoms with van der Waals surface area (Å²) in [6.07, 6.45) is 1.89. The summed E-state index contributed by atoms with van der Waals surface area (Å²) in [5, 5.41) is 3.99. The molecule has 3 aromatic carbocycles. The van der Waals surface area contributed by atoms with Gasteiger partial charge in [-0.25, -0.2) is 17.9 Å². The Labute approximate surface area is 339 Å². The van der Waals surface area contributed by atoms with Gasteiger partial charge in [0, 0.05) is 66.8 Å². The zero-order chi connectivity index (χ0) is 39.9. The van der Waals surface area contributed by atoms with E-state index in [0.717, 1.165) is 30.5 Å². The van der Waals surface area contributed by atoms with Gasteiger partial charge in [0.15, 0.2) is 0 Å². The molecule has 296 valence electrons. The summed E-state index contributed by atoms with van der Waals surface area (Å²) in [6, 6.07) is 17.6. The number of halogens is 3. The molecule has 2 atom stereocenters. The van der Waals surface area contributed by atoms with E-state index in [2.05, 4.69) is 14.9 Å². The van der Waals surface area contributed by atoms with Crippen LogP contribution in [-0.2, 0) is 25.9 Å². The Bertz CT molecular complexity index is 2070. The van der Waals surface area contributed by atoms with Gasteiger partial charge in [0.25, 0.3) is 0 Å². The monoisotopic (exact) mass is 830 g/mol. The van der Waals surface area contributed by atoms with E-state index in [1.54, 1.807) is 49.9 Å². The number of carbonyl (C=O) groups is 2. The number of carbonyl (C=O) groups excluding carboxylic acids is 2. The molecule has 55 heavy (non-hydrogen) atoms. The van der Waals surface area contributed by atoms with E-state index in [9.17, 15) is 13.2 Å². The normalized spacial score (nSPS) is 23.0. The van der Waals surface area contributed by atoms with Crippen LogP contribution in [0, 0.1) is 0 Å². The van der Waals surface area contributed by atoms with Crippen LogP contribution in [0.25, 0.3) is 0 Å². The third-order valence-corrected chi connectivity index (χ3v) is 13.6. The first-order valence-corrected chi connectivity index (χ1v) is 21.2. The molecule has 6 rings (SSSR count). The molecule has 0 radical (unpaired) electrons. The van der Waals surface area contributed by atoms with Crippen molar-refractivity contribution in [1.29, 1.82) is 0 Å². The fourth-order valence-corrected chi connectivity index (χ4v) is 10.1. The lowest BCUT2D eigenvalue weighted by Crippen LogP contribution is -2.59. The molecule has 2 N–H and O–H groups in total. The molecule has 3 heterocycles. The zero-order valence-electron chi connectivity index (χ0n) is 32.1. The number of ether oxygens (including phenoxy) is 1.